The Morgan fingerprint density at radius 2 is 1.55 bits per heavy atom. The Labute approximate surface area is 177 Å². The molecule has 4 N–H and O–H groups in total. The van der Waals surface area contributed by atoms with Crippen molar-refractivity contribution >= 4 is 29.5 Å². The Morgan fingerprint density at radius 1 is 0.935 bits per heavy atom. The van der Waals surface area contributed by atoms with Crippen molar-refractivity contribution < 1.29 is 28.8 Å². The van der Waals surface area contributed by atoms with Crippen molar-refractivity contribution in [2.75, 3.05) is 13.2 Å². The van der Waals surface area contributed by atoms with Gasteiger partial charge in [-0.25, -0.2) is 4.79 Å². The number of oxime groups is 1. The third kappa shape index (κ3) is 5.24. The highest BCUT2D eigenvalue weighted by atomic mass is 16.7. The summed E-state index contributed by atoms with van der Waals surface area (Å²) in [5, 5.41) is 3.59. The fraction of sp³-hybridized carbons (Fsp3) is 0.190. The number of carbonyl (C=O) groups excluding carboxylic acids is 4. The number of carbonyl (C=O) groups is 4. The van der Waals surface area contributed by atoms with E-state index in [9.17, 15) is 19.2 Å². The van der Waals surface area contributed by atoms with Crippen molar-refractivity contribution in [2.45, 2.75) is 12.8 Å². The number of fused-ring (bicyclic) bond motifs is 1. The van der Waals surface area contributed by atoms with E-state index in [-0.39, 0.29) is 43.6 Å². The Hall–Kier alpha value is -4.21. The number of hydrogen-bond donors (Lipinski definition) is 2. The van der Waals surface area contributed by atoms with Crippen molar-refractivity contribution in [3.8, 4) is 5.75 Å². The second-order valence-corrected chi connectivity index (χ2v) is 6.63. The van der Waals surface area contributed by atoms with Gasteiger partial charge < -0.3 is 21.0 Å². The summed E-state index contributed by atoms with van der Waals surface area (Å²) >= 11 is 0. The summed E-state index contributed by atoms with van der Waals surface area (Å²) in [6, 6.07) is 12.8. The van der Waals surface area contributed by atoms with Crippen LogP contribution >= 0.6 is 0 Å². The molecule has 0 spiro atoms. The average Bonchev–Trinajstić information content (AvgIpc) is 3.01. The van der Waals surface area contributed by atoms with Crippen LogP contribution in [0.5, 0.6) is 5.75 Å². The van der Waals surface area contributed by atoms with Gasteiger partial charge in [0.05, 0.1) is 11.1 Å². The molecule has 10 nitrogen and oxygen atoms in total. The van der Waals surface area contributed by atoms with E-state index in [1.165, 1.54) is 0 Å². The molecule has 0 atom stereocenters. The van der Waals surface area contributed by atoms with Crippen LogP contribution in [-0.2, 0) is 14.4 Å². The zero-order chi connectivity index (χ0) is 22.4. The molecular formula is C21H20N4O6. The average molecular weight is 424 g/mol. The maximum absolute atomic E-state index is 12.3. The van der Waals surface area contributed by atoms with Crippen LogP contribution in [0.4, 0.5) is 0 Å². The molecule has 3 rings (SSSR count). The zero-order valence-corrected chi connectivity index (χ0v) is 16.4. The summed E-state index contributed by atoms with van der Waals surface area (Å²) in [6.07, 6.45) is 0.176. The first kappa shape index (κ1) is 21.5. The first-order valence-electron chi connectivity index (χ1n) is 9.37. The molecule has 0 bridgehead atoms. The molecule has 160 valence electrons. The molecule has 3 amide bonds. The Balaban J connectivity index is 1.46. The summed E-state index contributed by atoms with van der Waals surface area (Å²) in [4.78, 5) is 53.0. The van der Waals surface area contributed by atoms with Crippen molar-refractivity contribution in [1.82, 2.24) is 4.90 Å². The molecule has 0 aromatic heterocycles. The lowest BCUT2D eigenvalue weighted by atomic mass is 10.1. The number of hydrogen-bond acceptors (Lipinski definition) is 7. The summed E-state index contributed by atoms with van der Waals surface area (Å²) in [5.41, 5.74) is 12.0. The van der Waals surface area contributed by atoms with E-state index < -0.39 is 11.9 Å². The number of primary amides is 1. The molecule has 0 saturated carbocycles. The van der Waals surface area contributed by atoms with Gasteiger partial charge in [-0.05, 0) is 42.8 Å². The van der Waals surface area contributed by atoms with Crippen molar-refractivity contribution in [1.29, 1.82) is 0 Å². The molecule has 2 aromatic carbocycles. The van der Waals surface area contributed by atoms with Crippen LogP contribution in [0.25, 0.3) is 0 Å². The Bertz CT molecular complexity index is 1010. The Kier molecular flexibility index (Phi) is 6.61. The third-order valence-electron chi connectivity index (χ3n) is 4.42. The van der Waals surface area contributed by atoms with Crippen LogP contribution in [0, 0.1) is 0 Å². The third-order valence-corrected chi connectivity index (χ3v) is 4.42. The number of benzene rings is 2. The number of amides is 3. The van der Waals surface area contributed by atoms with Crippen LogP contribution < -0.4 is 16.2 Å². The number of ether oxygens (including phenoxy) is 1. The highest BCUT2D eigenvalue weighted by Gasteiger charge is 2.34. The molecule has 0 fully saturated rings. The van der Waals surface area contributed by atoms with Gasteiger partial charge in [-0.1, -0.05) is 17.3 Å². The number of nitrogens with two attached hydrogens (primary N) is 2. The first-order chi connectivity index (χ1) is 14.9. The molecule has 0 unspecified atom stereocenters. The lowest BCUT2D eigenvalue weighted by molar-refractivity contribution is -0.143. The van der Waals surface area contributed by atoms with E-state index in [1.807, 2.05) is 0 Å². The van der Waals surface area contributed by atoms with Crippen molar-refractivity contribution in [3.05, 3.63) is 65.2 Å². The van der Waals surface area contributed by atoms with Crippen LogP contribution in [0.15, 0.2) is 53.7 Å². The molecule has 1 aliphatic heterocycles. The number of nitrogens with zero attached hydrogens (tertiary/aromatic N) is 2. The van der Waals surface area contributed by atoms with Crippen LogP contribution in [0.1, 0.15) is 39.1 Å². The smallest absolute Gasteiger partial charge is 0.335 e. The molecule has 0 radical (unpaired) electrons. The van der Waals surface area contributed by atoms with Gasteiger partial charge in [-0.15, -0.1) is 0 Å². The summed E-state index contributed by atoms with van der Waals surface area (Å²) < 4.78 is 5.13. The minimum Gasteiger partial charge on any atom is -0.484 e. The maximum Gasteiger partial charge on any atom is 0.335 e. The standard InChI is InChI=1S/C21H20N4O6/c22-17(26)12-30-14-9-7-13(8-10-14)19(23)24-31-18(27)6-3-11-25-20(28)15-4-1-2-5-16(15)21(25)29/h1-2,4-5,7-10H,3,6,11-12H2,(H2,22,26)(H2,23,24). The van der Waals surface area contributed by atoms with Gasteiger partial charge in [0.25, 0.3) is 17.7 Å². The highest BCUT2D eigenvalue weighted by molar-refractivity contribution is 6.21. The van der Waals surface area contributed by atoms with E-state index in [0.717, 1.165) is 4.90 Å². The van der Waals surface area contributed by atoms with Gasteiger partial charge >= 0.3 is 5.97 Å². The van der Waals surface area contributed by atoms with E-state index >= 15 is 0 Å². The number of amidine groups is 1. The van der Waals surface area contributed by atoms with E-state index in [0.29, 0.717) is 22.4 Å². The molecule has 2 aromatic rings. The lowest BCUT2D eigenvalue weighted by Crippen LogP contribution is -2.31. The molecule has 1 heterocycles. The summed E-state index contributed by atoms with van der Waals surface area (Å²) in [6.45, 7) is -0.158. The minimum absolute atomic E-state index is 0.0323. The quantitative estimate of drug-likeness (QED) is 0.198. The van der Waals surface area contributed by atoms with Crippen LogP contribution in [-0.4, -0.2) is 47.6 Å². The van der Waals surface area contributed by atoms with Gasteiger partial charge in [-0.2, -0.15) is 0 Å². The zero-order valence-electron chi connectivity index (χ0n) is 16.4. The predicted molar refractivity (Wildman–Crippen MR) is 109 cm³/mol. The van der Waals surface area contributed by atoms with Crippen molar-refractivity contribution in [2.24, 2.45) is 16.6 Å². The topological polar surface area (TPSA) is 154 Å². The van der Waals surface area contributed by atoms with E-state index in [2.05, 4.69) is 5.16 Å². The second-order valence-electron chi connectivity index (χ2n) is 6.63. The molecule has 1 aliphatic rings. The first-order valence-corrected chi connectivity index (χ1v) is 9.37. The van der Waals surface area contributed by atoms with Gasteiger partial charge in [-0.3, -0.25) is 19.3 Å². The fourth-order valence-electron chi connectivity index (χ4n) is 2.90. The maximum atomic E-state index is 12.3. The summed E-state index contributed by atoms with van der Waals surface area (Å²) in [5.74, 6) is -1.62. The van der Waals surface area contributed by atoms with Gasteiger partial charge in [0, 0.05) is 18.5 Å². The molecule has 0 saturated heterocycles. The second kappa shape index (κ2) is 9.53. The van der Waals surface area contributed by atoms with Gasteiger partial charge in [0.15, 0.2) is 12.4 Å². The number of imide groups is 1. The van der Waals surface area contributed by atoms with Crippen LogP contribution in [0.2, 0.25) is 0 Å². The minimum atomic E-state index is -0.652. The molecule has 31 heavy (non-hydrogen) atoms. The SMILES string of the molecule is NC(=O)COc1ccc(/C(N)=N/OC(=O)CCCN2C(=O)c3ccccc3C2=O)cc1. The van der Waals surface area contributed by atoms with Crippen LogP contribution in [0.3, 0.4) is 0 Å². The molecular weight excluding hydrogens is 404 g/mol. The molecule has 0 aliphatic carbocycles. The van der Waals surface area contributed by atoms with Crippen molar-refractivity contribution in [3.63, 3.8) is 0 Å². The highest BCUT2D eigenvalue weighted by Crippen LogP contribution is 2.22. The van der Waals surface area contributed by atoms with E-state index in [1.54, 1.807) is 48.5 Å². The summed E-state index contributed by atoms with van der Waals surface area (Å²) in [7, 11) is 0. The largest absolute Gasteiger partial charge is 0.484 e. The fourth-order valence-corrected chi connectivity index (χ4v) is 2.90. The monoisotopic (exact) mass is 424 g/mol. The predicted octanol–water partition coefficient (Wildman–Crippen LogP) is 0.791. The molecule has 10 heteroatoms. The van der Waals surface area contributed by atoms with E-state index in [4.69, 9.17) is 21.0 Å². The van der Waals surface area contributed by atoms with Gasteiger partial charge in [0.1, 0.15) is 5.75 Å². The lowest BCUT2D eigenvalue weighted by Gasteiger charge is -2.12. The normalized spacial score (nSPS) is 13.2. The number of rotatable bonds is 9. The van der Waals surface area contributed by atoms with Gasteiger partial charge in [0.2, 0.25) is 0 Å². The Morgan fingerprint density at radius 3 is 2.13 bits per heavy atom.